The van der Waals surface area contributed by atoms with Crippen LogP contribution in [0.25, 0.3) is 0 Å². The molecular formula is C26H27F3N4O4. The number of fused-ring (bicyclic) bond motifs is 1. The van der Waals surface area contributed by atoms with Gasteiger partial charge < -0.3 is 21.1 Å². The van der Waals surface area contributed by atoms with Crippen LogP contribution in [-0.2, 0) is 23.8 Å². The molecule has 0 bridgehead atoms. The number of carbonyl (C=O) groups excluding carboxylic acids is 3. The second-order valence-corrected chi connectivity index (χ2v) is 9.24. The van der Waals surface area contributed by atoms with Gasteiger partial charge in [0, 0.05) is 31.5 Å². The molecule has 2 amide bonds. The van der Waals surface area contributed by atoms with Crippen LogP contribution in [0.2, 0.25) is 0 Å². The molecule has 11 heteroatoms. The molecule has 2 aromatic carbocycles. The molecule has 0 atom stereocenters. The van der Waals surface area contributed by atoms with E-state index in [1.54, 1.807) is 17.0 Å². The lowest BCUT2D eigenvalue weighted by atomic mass is 9.84. The Morgan fingerprint density at radius 3 is 2.38 bits per heavy atom. The number of ether oxygens (including phenoxy) is 1. The number of piperidine rings is 1. The summed E-state index contributed by atoms with van der Waals surface area (Å²) in [4.78, 5) is 42.1. The Labute approximate surface area is 211 Å². The molecule has 2 aliphatic rings. The van der Waals surface area contributed by atoms with Crippen LogP contribution in [0.1, 0.15) is 68.2 Å². The zero-order chi connectivity index (χ0) is 26.9. The number of aliphatic imine (C=N–C) groups is 1. The minimum absolute atomic E-state index is 0.00357. The van der Waals surface area contributed by atoms with Crippen LogP contribution in [0.5, 0.6) is 5.75 Å². The van der Waals surface area contributed by atoms with Gasteiger partial charge in [-0.25, -0.2) is 0 Å². The summed E-state index contributed by atoms with van der Waals surface area (Å²) in [6.45, 7) is 0.542. The maximum absolute atomic E-state index is 14.0. The van der Waals surface area contributed by atoms with Gasteiger partial charge in [-0.1, -0.05) is 6.07 Å². The minimum atomic E-state index is -4.73. The van der Waals surface area contributed by atoms with Crippen LogP contribution in [-0.4, -0.2) is 48.7 Å². The highest BCUT2D eigenvalue weighted by molar-refractivity contribution is 6.04. The summed E-state index contributed by atoms with van der Waals surface area (Å²) in [6, 6.07) is 7.25. The first kappa shape index (κ1) is 26.2. The van der Waals surface area contributed by atoms with Crippen molar-refractivity contribution in [3.8, 4) is 5.75 Å². The van der Waals surface area contributed by atoms with E-state index >= 15 is 0 Å². The lowest BCUT2D eigenvalue weighted by Crippen LogP contribution is -2.38. The Balaban J connectivity index is 1.55. The number of halogens is 3. The molecule has 1 aliphatic heterocycles. The van der Waals surface area contributed by atoms with Gasteiger partial charge in [0.05, 0.1) is 18.2 Å². The smallest absolute Gasteiger partial charge is 0.416 e. The molecule has 37 heavy (non-hydrogen) atoms. The number of rotatable bonds is 4. The van der Waals surface area contributed by atoms with Gasteiger partial charge in [0.1, 0.15) is 11.5 Å². The second kappa shape index (κ2) is 10.2. The first-order chi connectivity index (χ1) is 17.5. The summed E-state index contributed by atoms with van der Waals surface area (Å²) in [5.41, 5.74) is 11.5. The zero-order valence-corrected chi connectivity index (χ0v) is 20.2. The van der Waals surface area contributed by atoms with Gasteiger partial charge in [0.25, 0.3) is 11.8 Å². The average Bonchev–Trinajstić information content (AvgIpc) is 2.86. The van der Waals surface area contributed by atoms with Gasteiger partial charge in [-0.05, 0) is 66.1 Å². The summed E-state index contributed by atoms with van der Waals surface area (Å²) < 4.78 is 47.2. The van der Waals surface area contributed by atoms with Crippen LogP contribution in [0.15, 0.2) is 35.3 Å². The number of hydrogen-bond acceptors (Lipinski definition) is 4. The number of carbonyl (C=O) groups is 3. The molecule has 196 valence electrons. The van der Waals surface area contributed by atoms with E-state index in [1.165, 1.54) is 13.2 Å². The molecule has 0 radical (unpaired) electrons. The van der Waals surface area contributed by atoms with Crippen molar-refractivity contribution in [2.24, 2.45) is 16.5 Å². The van der Waals surface area contributed by atoms with Gasteiger partial charge in [0.2, 0.25) is 0 Å². The SMILES string of the molecule is COc1cc(C2CCN(C(=O)c3ccc4c(c3)CCC(=O)C4)CC2)c(C(F)(F)F)cc1C(=O)N=C(N)N. The lowest BCUT2D eigenvalue weighted by Gasteiger charge is -2.34. The van der Waals surface area contributed by atoms with E-state index in [1.807, 2.05) is 6.07 Å². The number of guanidine groups is 1. The zero-order valence-electron chi connectivity index (χ0n) is 20.2. The predicted octanol–water partition coefficient (Wildman–Crippen LogP) is 3.21. The number of benzene rings is 2. The highest BCUT2D eigenvalue weighted by Gasteiger charge is 2.38. The van der Waals surface area contributed by atoms with Gasteiger partial charge in [0.15, 0.2) is 5.96 Å². The van der Waals surface area contributed by atoms with Crippen LogP contribution >= 0.6 is 0 Å². The molecule has 2 aromatic rings. The van der Waals surface area contributed by atoms with E-state index in [0.29, 0.717) is 37.7 Å². The first-order valence-electron chi connectivity index (χ1n) is 11.8. The Morgan fingerprint density at radius 1 is 1.05 bits per heavy atom. The molecule has 0 aromatic heterocycles. The number of alkyl halides is 3. The van der Waals surface area contributed by atoms with E-state index in [9.17, 15) is 27.6 Å². The number of hydrogen-bond donors (Lipinski definition) is 2. The monoisotopic (exact) mass is 516 g/mol. The number of amides is 2. The summed E-state index contributed by atoms with van der Waals surface area (Å²) >= 11 is 0. The largest absolute Gasteiger partial charge is 0.496 e. The number of Topliss-reactive ketones (excluding diaryl/α,β-unsaturated/α-hetero) is 1. The molecular weight excluding hydrogens is 489 g/mol. The molecule has 1 aliphatic carbocycles. The summed E-state index contributed by atoms with van der Waals surface area (Å²) in [6.07, 6.45) is -2.70. The van der Waals surface area contributed by atoms with Crippen molar-refractivity contribution >= 4 is 23.6 Å². The normalized spacial score (nSPS) is 16.2. The van der Waals surface area contributed by atoms with Gasteiger partial charge in [-0.15, -0.1) is 0 Å². The van der Waals surface area contributed by atoms with E-state index < -0.39 is 35.1 Å². The molecule has 0 spiro atoms. The van der Waals surface area contributed by atoms with Crippen molar-refractivity contribution in [1.82, 2.24) is 4.90 Å². The molecule has 1 saturated heterocycles. The standard InChI is InChI=1S/C26H27F3N4O4/c1-37-22-13-19(21(26(27,28)29)12-20(22)23(35)32-25(30)31)14-6-8-33(9-7-14)24(36)17-3-2-16-11-18(34)5-4-15(16)10-17/h2-3,10,12-14H,4-9,11H2,1H3,(H4,30,31,32,35). The van der Waals surface area contributed by atoms with Crippen molar-refractivity contribution in [2.45, 2.75) is 44.2 Å². The second-order valence-electron chi connectivity index (χ2n) is 9.24. The molecule has 8 nitrogen and oxygen atoms in total. The molecule has 0 saturated carbocycles. The summed E-state index contributed by atoms with van der Waals surface area (Å²) in [7, 11) is 1.24. The van der Waals surface area contributed by atoms with Crippen LogP contribution < -0.4 is 16.2 Å². The third-order valence-electron chi connectivity index (χ3n) is 6.87. The van der Waals surface area contributed by atoms with Crippen molar-refractivity contribution < 1.29 is 32.3 Å². The summed E-state index contributed by atoms with van der Waals surface area (Å²) in [5.74, 6) is -2.19. The predicted molar refractivity (Wildman–Crippen MR) is 129 cm³/mol. The number of ketones is 1. The molecule has 1 heterocycles. The Bertz CT molecular complexity index is 1280. The fourth-order valence-electron chi connectivity index (χ4n) is 5.01. The maximum atomic E-state index is 14.0. The van der Waals surface area contributed by atoms with Crippen molar-refractivity contribution in [3.05, 3.63) is 63.7 Å². The first-order valence-corrected chi connectivity index (χ1v) is 11.8. The number of likely N-dealkylation sites (tertiary alicyclic amines) is 1. The van der Waals surface area contributed by atoms with Gasteiger partial charge in [-0.3, -0.25) is 14.4 Å². The lowest BCUT2D eigenvalue weighted by molar-refractivity contribution is -0.138. The third-order valence-corrected chi connectivity index (χ3v) is 6.87. The topological polar surface area (TPSA) is 128 Å². The Hall–Kier alpha value is -3.89. The van der Waals surface area contributed by atoms with E-state index in [-0.39, 0.29) is 36.1 Å². The Kier molecular flexibility index (Phi) is 7.24. The quantitative estimate of drug-likeness (QED) is 0.475. The number of aryl methyl sites for hydroxylation is 1. The fraction of sp³-hybridized carbons (Fsp3) is 0.385. The van der Waals surface area contributed by atoms with Gasteiger partial charge in [-0.2, -0.15) is 18.2 Å². The maximum Gasteiger partial charge on any atom is 0.416 e. The van der Waals surface area contributed by atoms with Crippen molar-refractivity contribution in [1.29, 1.82) is 0 Å². The molecule has 4 N–H and O–H groups in total. The van der Waals surface area contributed by atoms with E-state index in [4.69, 9.17) is 16.2 Å². The molecule has 1 fully saturated rings. The third kappa shape index (κ3) is 5.60. The number of methoxy groups -OCH3 is 1. The number of nitrogens with two attached hydrogens (primary N) is 2. The highest BCUT2D eigenvalue weighted by Crippen LogP contribution is 2.42. The highest BCUT2D eigenvalue weighted by atomic mass is 19.4. The van der Waals surface area contributed by atoms with Gasteiger partial charge >= 0.3 is 6.18 Å². The molecule has 4 rings (SSSR count). The van der Waals surface area contributed by atoms with Crippen LogP contribution in [0.4, 0.5) is 13.2 Å². The average molecular weight is 517 g/mol. The van der Waals surface area contributed by atoms with E-state index in [2.05, 4.69) is 4.99 Å². The molecule has 0 unspecified atom stereocenters. The number of nitrogens with zero attached hydrogens (tertiary/aromatic N) is 2. The van der Waals surface area contributed by atoms with Crippen molar-refractivity contribution in [2.75, 3.05) is 20.2 Å². The van der Waals surface area contributed by atoms with Crippen LogP contribution in [0.3, 0.4) is 0 Å². The fourth-order valence-corrected chi connectivity index (χ4v) is 5.01. The van der Waals surface area contributed by atoms with Crippen LogP contribution in [0, 0.1) is 0 Å². The van der Waals surface area contributed by atoms with Crippen molar-refractivity contribution in [3.63, 3.8) is 0 Å². The Morgan fingerprint density at radius 2 is 1.76 bits per heavy atom. The summed E-state index contributed by atoms with van der Waals surface area (Å²) in [5, 5.41) is 0. The minimum Gasteiger partial charge on any atom is -0.496 e. The van der Waals surface area contributed by atoms with E-state index in [0.717, 1.165) is 17.2 Å².